The van der Waals surface area contributed by atoms with Crippen LogP contribution >= 0.6 is 0 Å². The average molecular weight is 276 g/mol. The molecular weight excluding hydrogens is 260 g/mol. The van der Waals surface area contributed by atoms with Crippen LogP contribution in [-0.2, 0) is 0 Å². The lowest BCUT2D eigenvalue weighted by Crippen LogP contribution is -2.33. The number of rotatable bonds is 2. The van der Waals surface area contributed by atoms with Crippen molar-refractivity contribution < 1.29 is 17.6 Å². The van der Waals surface area contributed by atoms with Crippen molar-refractivity contribution in [1.82, 2.24) is 4.98 Å². The van der Waals surface area contributed by atoms with E-state index in [1.54, 1.807) is 0 Å². The third kappa shape index (κ3) is 3.43. The number of alkyl halides is 3. The highest BCUT2D eigenvalue weighted by atomic mass is 19.4. The largest absolute Gasteiger partial charge is 0.391 e. The third-order valence-electron chi connectivity index (χ3n) is 3.80. The summed E-state index contributed by atoms with van der Waals surface area (Å²) < 4.78 is 51.3. The molecule has 0 amide bonds. The predicted octanol–water partition coefficient (Wildman–Crippen LogP) is 3.59. The molecule has 3 atom stereocenters. The Bertz CT molecular complexity index is 433. The minimum atomic E-state index is -4.17. The maximum Gasteiger partial charge on any atom is 0.391 e. The number of nitrogens with zero attached hydrogens (tertiary/aromatic N) is 1. The van der Waals surface area contributed by atoms with Crippen LogP contribution in [-0.4, -0.2) is 11.2 Å². The van der Waals surface area contributed by atoms with Crippen molar-refractivity contribution in [3.05, 3.63) is 29.8 Å². The molecule has 1 saturated carbocycles. The van der Waals surface area contributed by atoms with Crippen LogP contribution in [0.1, 0.15) is 37.3 Å². The SMILES string of the molecule is NC(c1cncc(F)c1)C1CCCC(C(F)(F)F)C1. The number of aromatic nitrogens is 1. The van der Waals surface area contributed by atoms with E-state index in [9.17, 15) is 17.6 Å². The zero-order valence-corrected chi connectivity index (χ0v) is 10.3. The maximum absolute atomic E-state index is 13.1. The molecule has 0 aliphatic heterocycles. The van der Waals surface area contributed by atoms with Crippen LogP contribution in [0.5, 0.6) is 0 Å². The van der Waals surface area contributed by atoms with Gasteiger partial charge in [0.1, 0.15) is 5.82 Å². The first-order valence-electron chi connectivity index (χ1n) is 6.30. The van der Waals surface area contributed by atoms with Crippen molar-refractivity contribution in [3.8, 4) is 0 Å². The van der Waals surface area contributed by atoms with Gasteiger partial charge in [0.25, 0.3) is 0 Å². The second-order valence-corrected chi connectivity index (χ2v) is 5.13. The van der Waals surface area contributed by atoms with E-state index in [1.165, 1.54) is 12.3 Å². The number of pyridine rings is 1. The fourth-order valence-corrected chi connectivity index (χ4v) is 2.73. The van der Waals surface area contributed by atoms with E-state index in [0.29, 0.717) is 18.4 Å². The molecule has 1 aliphatic rings. The normalized spacial score (nSPS) is 26.2. The van der Waals surface area contributed by atoms with Gasteiger partial charge >= 0.3 is 6.18 Å². The second-order valence-electron chi connectivity index (χ2n) is 5.13. The van der Waals surface area contributed by atoms with Gasteiger partial charge in [-0.1, -0.05) is 6.42 Å². The summed E-state index contributed by atoms with van der Waals surface area (Å²) in [5, 5.41) is 0. The zero-order chi connectivity index (χ0) is 14.0. The highest BCUT2D eigenvalue weighted by Crippen LogP contribution is 2.43. The smallest absolute Gasteiger partial charge is 0.324 e. The van der Waals surface area contributed by atoms with Gasteiger partial charge in [0, 0.05) is 12.2 Å². The summed E-state index contributed by atoms with van der Waals surface area (Å²) in [7, 11) is 0. The van der Waals surface area contributed by atoms with Crippen molar-refractivity contribution in [2.75, 3.05) is 0 Å². The van der Waals surface area contributed by atoms with Crippen molar-refractivity contribution in [2.24, 2.45) is 17.6 Å². The summed E-state index contributed by atoms with van der Waals surface area (Å²) in [6, 6.07) is 0.655. The minimum absolute atomic E-state index is 0.0151. The number of hydrogen-bond donors (Lipinski definition) is 1. The number of halogens is 4. The van der Waals surface area contributed by atoms with E-state index in [2.05, 4.69) is 4.98 Å². The molecule has 6 heteroatoms. The van der Waals surface area contributed by atoms with Gasteiger partial charge in [-0.05, 0) is 36.8 Å². The summed E-state index contributed by atoms with van der Waals surface area (Å²) in [4.78, 5) is 3.69. The van der Waals surface area contributed by atoms with E-state index in [1.807, 2.05) is 0 Å². The Morgan fingerprint density at radius 1 is 1.26 bits per heavy atom. The molecule has 106 valence electrons. The topological polar surface area (TPSA) is 38.9 Å². The Labute approximate surface area is 109 Å². The first-order valence-corrected chi connectivity index (χ1v) is 6.30. The van der Waals surface area contributed by atoms with E-state index < -0.39 is 24.0 Å². The molecule has 1 aromatic heterocycles. The van der Waals surface area contributed by atoms with Crippen LogP contribution in [0, 0.1) is 17.7 Å². The molecule has 1 heterocycles. The Morgan fingerprint density at radius 2 is 2.00 bits per heavy atom. The van der Waals surface area contributed by atoms with Gasteiger partial charge in [0.2, 0.25) is 0 Å². The lowest BCUT2D eigenvalue weighted by Gasteiger charge is -2.33. The zero-order valence-electron chi connectivity index (χ0n) is 10.3. The van der Waals surface area contributed by atoms with Crippen molar-refractivity contribution in [3.63, 3.8) is 0 Å². The summed E-state index contributed by atoms with van der Waals surface area (Å²) >= 11 is 0. The van der Waals surface area contributed by atoms with Gasteiger partial charge in [-0.2, -0.15) is 13.2 Å². The Morgan fingerprint density at radius 3 is 2.63 bits per heavy atom. The molecule has 1 fully saturated rings. The first-order chi connectivity index (χ1) is 8.88. The highest BCUT2D eigenvalue weighted by molar-refractivity contribution is 5.15. The van der Waals surface area contributed by atoms with Crippen LogP contribution in [0.25, 0.3) is 0 Å². The lowest BCUT2D eigenvalue weighted by atomic mass is 9.76. The Balaban J connectivity index is 2.09. The monoisotopic (exact) mass is 276 g/mol. The van der Waals surface area contributed by atoms with Crippen LogP contribution in [0.2, 0.25) is 0 Å². The van der Waals surface area contributed by atoms with Crippen LogP contribution in [0.4, 0.5) is 17.6 Å². The second kappa shape index (κ2) is 5.45. The van der Waals surface area contributed by atoms with Crippen LogP contribution < -0.4 is 5.73 Å². The summed E-state index contributed by atoms with van der Waals surface area (Å²) in [6.07, 6.45) is -0.371. The van der Waals surface area contributed by atoms with Crippen molar-refractivity contribution in [2.45, 2.75) is 37.9 Å². The molecule has 0 radical (unpaired) electrons. The highest BCUT2D eigenvalue weighted by Gasteiger charge is 2.43. The molecule has 3 unspecified atom stereocenters. The minimum Gasteiger partial charge on any atom is -0.324 e. The molecule has 2 nitrogen and oxygen atoms in total. The van der Waals surface area contributed by atoms with Crippen molar-refractivity contribution in [1.29, 1.82) is 0 Å². The van der Waals surface area contributed by atoms with E-state index in [-0.39, 0.29) is 18.8 Å². The van der Waals surface area contributed by atoms with Crippen LogP contribution in [0.3, 0.4) is 0 Å². The molecule has 0 saturated heterocycles. The first kappa shape index (κ1) is 14.2. The molecule has 19 heavy (non-hydrogen) atoms. The van der Waals surface area contributed by atoms with E-state index in [0.717, 1.165) is 6.20 Å². The Kier molecular flexibility index (Phi) is 4.08. The average Bonchev–Trinajstić information content (AvgIpc) is 2.37. The molecule has 1 aliphatic carbocycles. The van der Waals surface area contributed by atoms with E-state index in [4.69, 9.17) is 5.73 Å². The lowest BCUT2D eigenvalue weighted by molar-refractivity contribution is -0.186. The molecular formula is C13H16F4N2. The van der Waals surface area contributed by atoms with E-state index >= 15 is 0 Å². The van der Waals surface area contributed by atoms with Gasteiger partial charge in [-0.25, -0.2) is 4.39 Å². The molecule has 0 bridgehead atoms. The van der Waals surface area contributed by atoms with Gasteiger partial charge in [-0.15, -0.1) is 0 Å². The van der Waals surface area contributed by atoms with Gasteiger partial charge in [0.15, 0.2) is 0 Å². The molecule has 2 rings (SSSR count). The van der Waals surface area contributed by atoms with Crippen molar-refractivity contribution >= 4 is 0 Å². The van der Waals surface area contributed by atoms with Crippen LogP contribution in [0.15, 0.2) is 18.5 Å². The predicted molar refractivity (Wildman–Crippen MR) is 62.6 cm³/mol. The standard InChI is InChI=1S/C13H16F4N2/c14-11-5-9(6-19-7-11)12(18)8-2-1-3-10(4-8)13(15,16)17/h5-8,10,12H,1-4,18H2. The Hall–Kier alpha value is -1.17. The fourth-order valence-electron chi connectivity index (χ4n) is 2.73. The molecule has 1 aromatic rings. The molecule has 2 N–H and O–H groups in total. The fraction of sp³-hybridized carbons (Fsp3) is 0.615. The van der Waals surface area contributed by atoms with Gasteiger partial charge < -0.3 is 5.73 Å². The maximum atomic E-state index is 13.1. The quantitative estimate of drug-likeness (QED) is 0.838. The van der Waals surface area contributed by atoms with Gasteiger partial charge in [-0.3, -0.25) is 4.98 Å². The summed E-state index contributed by atoms with van der Waals surface area (Å²) in [5.41, 5.74) is 6.44. The molecule has 0 aromatic carbocycles. The molecule has 0 spiro atoms. The summed E-state index contributed by atoms with van der Waals surface area (Å²) in [5.74, 6) is -2.08. The van der Waals surface area contributed by atoms with Gasteiger partial charge in [0.05, 0.1) is 12.1 Å². The number of hydrogen-bond acceptors (Lipinski definition) is 2. The third-order valence-corrected chi connectivity index (χ3v) is 3.80. The summed E-state index contributed by atoms with van der Waals surface area (Å²) in [6.45, 7) is 0. The number of nitrogens with two attached hydrogens (primary N) is 1.